The fraction of sp³-hybridized carbons (Fsp3) is 0.364. The van der Waals surface area contributed by atoms with Crippen LogP contribution in [0.5, 0.6) is 11.5 Å². The van der Waals surface area contributed by atoms with Crippen LogP contribution in [0.2, 0.25) is 0 Å². The Labute approximate surface area is 86.8 Å². The Hall–Kier alpha value is -1.71. The first-order valence-corrected chi connectivity index (χ1v) is 4.93. The van der Waals surface area contributed by atoms with E-state index in [9.17, 15) is 0 Å². The van der Waals surface area contributed by atoms with Crippen molar-refractivity contribution < 1.29 is 13.9 Å². The molecule has 0 fully saturated rings. The normalized spacial score (nSPS) is 19.5. The van der Waals surface area contributed by atoms with Gasteiger partial charge in [0, 0.05) is 6.92 Å². The minimum absolute atomic E-state index is 0.0495. The molecule has 1 aliphatic rings. The third-order valence-corrected chi connectivity index (χ3v) is 2.38. The Morgan fingerprint density at radius 3 is 3.13 bits per heavy atom. The second-order valence-corrected chi connectivity index (χ2v) is 3.71. The molecule has 0 spiro atoms. The summed E-state index contributed by atoms with van der Waals surface area (Å²) in [6.45, 7) is 4.36. The second kappa shape index (κ2) is 2.89. The van der Waals surface area contributed by atoms with E-state index in [0.29, 0.717) is 23.8 Å². The van der Waals surface area contributed by atoms with Gasteiger partial charge < -0.3 is 13.9 Å². The van der Waals surface area contributed by atoms with Crippen LogP contribution in [0.1, 0.15) is 12.8 Å². The van der Waals surface area contributed by atoms with E-state index in [4.69, 9.17) is 13.9 Å². The molecule has 1 aliphatic heterocycles. The van der Waals surface area contributed by atoms with E-state index in [-0.39, 0.29) is 6.10 Å². The number of nitrogens with zero attached hydrogens (tertiary/aromatic N) is 1. The molecular weight excluding hydrogens is 194 g/mol. The molecule has 1 aromatic heterocycles. The van der Waals surface area contributed by atoms with E-state index in [2.05, 4.69) is 4.98 Å². The van der Waals surface area contributed by atoms with Crippen molar-refractivity contribution in [3.8, 4) is 11.5 Å². The van der Waals surface area contributed by atoms with E-state index in [0.717, 1.165) is 11.3 Å². The molecule has 78 valence electrons. The molecule has 0 saturated heterocycles. The van der Waals surface area contributed by atoms with Crippen molar-refractivity contribution in [2.45, 2.75) is 20.0 Å². The summed E-state index contributed by atoms with van der Waals surface area (Å²) in [6.07, 6.45) is 0.0495. The molecule has 0 aliphatic carbocycles. The zero-order chi connectivity index (χ0) is 10.4. The summed E-state index contributed by atoms with van der Waals surface area (Å²) in [5.74, 6) is 2.05. The fourth-order valence-electron chi connectivity index (χ4n) is 1.73. The quantitative estimate of drug-likeness (QED) is 0.662. The molecule has 0 saturated carbocycles. The number of hydrogen-bond donors (Lipinski definition) is 0. The van der Waals surface area contributed by atoms with Crippen molar-refractivity contribution in [2.24, 2.45) is 0 Å². The maximum absolute atomic E-state index is 5.70. The lowest BCUT2D eigenvalue weighted by molar-refractivity contribution is 0.105. The van der Waals surface area contributed by atoms with Crippen molar-refractivity contribution >= 4 is 11.1 Å². The van der Waals surface area contributed by atoms with Gasteiger partial charge in [0.15, 0.2) is 11.6 Å². The summed E-state index contributed by atoms with van der Waals surface area (Å²) >= 11 is 0. The molecule has 3 rings (SSSR count). The van der Waals surface area contributed by atoms with Crippen LogP contribution in [-0.2, 0) is 0 Å². The van der Waals surface area contributed by atoms with Crippen LogP contribution in [-0.4, -0.2) is 17.7 Å². The van der Waals surface area contributed by atoms with Crippen LogP contribution in [0.25, 0.3) is 11.1 Å². The highest BCUT2D eigenvalue weighted by atomic mass is 16.6. The summed E-state index contributed by atoms with van der Waals surface area (Å²) in [4.78, 5) is 4.24. The predicted octanol–water partition coefficient (Wildman–Crippen LogP) is 2.30. The van der Waals surface area contributed by atoms with Gasteiger partial charge in [0.2, 0.25) is 11.3 Å². The first-order valence-electron chi connectivity index (χ1n) is 4.93. The topological polar surface area (TPSA) is 44.5 Å². The van der Waals surface area contributed by atoms with Crippen LogP contribution in [0.4, 0.5) is 0 Å². The molecule has 4 heteroatoms. The van der Waals surface area contributed by atoms with Gasteiger partial charge in [0.1, 0.15) is 18.2 Å². The number of aryl methyl sites for hydroxylation is 1. The zero-order valence-corrected chi connectivity index (χ0v) is 8.61. The highest BCUT2D eigenvalue weighted by molar-refractivity contribution is 5.82. The lowest BCUT2D eigenvalue weighted by atomic mass is 10.2. The minimum Gasteiger partial charge on any atom is -0.486 e. The number of oxazole rings is 1. The molecular formula is C11H11NO3. The van der Waals surface area contributed by atoms with Crippen LogP contribution >= 0.6 is 0 Å². The molecule has 4 nitrogen and oxygen atoms in total. The average molecular weight is 205 g/mol. The number of benzene rings is 1. The number of rotatable bonds is 0. The van der Waals surface area contributed by atoms with Gasteiger partial charge in [-0.1, -0.05) is 0 Å². The molecule has 15 heavy (non-hydrogen) atoms. The van der Waals surface area contributed by atoms with Gasteiger partial charge in [-0.3, -0.25) is 0 Å². The Morgan fingerprint density at radius 2 is 2.27 bits per heavy atom. The van der Waals surface area contributed by atoms with Crippen LogP contribution in [0.15, 0.2) is 16.5 Å². The van der Waals surface area contributed by atoms with Crippen molar-refractivity contribution in [3.05, 3.63) is 18.0 Å². The van der Waals surface area contributed by atoms with Crippen molar-refractivity contribution in [3.63, 3.8) is 0 Å². The van der Waals surface area contributed by atoms with Gasteiger partial charge in [0.05, 0.1) is 0 Å². The van der Waals surface area contributed by atoms with E-state index in [1.807, 2.05) is 26.0 Å². The largest absolute Gasteiger partial charge is 0.486 e. The number of aromatic nitrogens is 1. The summed E-state index contributed by atoms with van der Waals surface area (Å²) in [5.41, 5.74) is 1.49. The van der Waals surface area contributed by atoms with Crippen LogP contribution in [0, 0.1) is 6.92 Å². The molecule has 1 aromatic carbocycles. The average Bonchev–Trinajstić information content (AvgIpc) is 2.58. The molecule has 0 bridgehead atoms. The highest BCUT2D eigenvalue weighted by Gasteiger charge is 2.22. The standard InChI is InChI=1S/C11H11NO3/c1-6-5-13-9-4-3-8-10(11(9)14-6)15-7(2)12-8/h3-4,6H,5H2,1-2H3. The van der Waals surface area contributed by atoms with Crippen molar-refractivity contribution in [1.82, 2.24) is 4.98 Å². The second-order valence-electron chi connectivity index (χ2n) is 3.71. The third-order valence-electron chi connectivity index (χ3n) is 2.38. The minimum atomic E-state index is 0.0495. The van der Waals surface area contributed by atoms with Gasteiger partial charge in [-0.2, -0.15) is 0 Å². The fourth-order valence-corrected chi connectivity index (χ4v) is 1.73. The molecule has 0 amide bonds. The van der Waals surface area contributed by atoms with Gasteiger partial charge in [-0.25, -0.2) is 4.98 Å². The summed E-state index contributed by atoms with van der Waals surface area (Å²) in [7, 11) is 0. The van der Waals surface area contributed by atoms with Gasteiger partial charge >= 0.3 is 0 Å². The van der Waals surface area contributed by atoms with Crippen LogP contribution < -0.4 is 9.47 Å². The molecule has 0 radical (unpaired) electrons. The first kappa shape index (κ1) is 8.59. The van der Waals surface area contributed by atoms with Gasteiger partial charge in [0.25, 0.3) is 0 Å². The maximum Gasteiger partial charge on any atom is 0.207 e. The SMILES string of the molecule is Cc1nc2ccc3c(c2o1)OC(C)CO3. The Balaban J connectivity index is 2.27. The molecule has 0 N–H and O–H groups in total. The lowest BCUT2D eigenvalue weighted by Gasteiger charge is -2.23. The van der Waals surface area contributed by atoms with E-state index in [1.54, 1.807) is 0 Å². The summed E-state index contributed by atoms with van der Waals surface area (Å²) < 4.78 is 16.7. The number of hydrogen-bond acceptors (Lipinski definition) is 4. The highest BCUT2D eigenvalue weighted by Crippen LogP contribution is 2.38. The lowest BCUT2D eigenvalue weighted by Crippen LogP contribution is -2.25. The number of fused-ring (bicyclic) bond motifs is 3. The monoisotopic (exact) mass is 205 g/mol. The van der Waals surface area contributed by atoms with Crippen molar-refractivity contribution in [2.75, 3.05) is 6.61 Å². The molecule has 2 aromatic rings. The maximum atomic E-state index is 5.70. The zero-order valence-electron chi connectivity index (χ0n) is 8.61. The van der Waals surface area contributed by atoms with E-state index in [1.165, 1.54) is 0 Å². The Kier molecular flexibility index (Phi) is 1.65. The summed E-state index contributed by atoms with van der Waals surface area (Å²) in [6, 6.07) is 3.75. The van der Waals surface area contributed by atoms with Gasteiger partial charge in [-0.15, -0.1) is 0 Å². The molecule has 2 heterocycles. The third kappa shape index (κ3) is 1.25. The Bertz CT molecular complexity index is 518. The van der Waals surface area contributed by atoms with E-state index < -0.39 is 0 Å². The predicted molar refractivity (Wildman–Crippen MR) is 54.3 cm³/mol. The smallest absolute Gasteiger partial charge is 0.207 e. The van der Waals surface area contributed by atoms with Crippen molar-refractivity contribution in [1.29, 1.82) is 0 Å². The summed E-state index contributed by atoms with van der Waals surface area (Å²) in [5, 5.41) is 0. The number of ether oxygens (including phenoxy) is 2. The Morgan fingerprint density at radius 1 is 1.40 bits per heavy atom. The van der Waals surface area contributed by atoms with Gasteiger partial charge in [-0.05, 0) is 19.1 Å². The first-order chi connectivity index (χ1) is 7.24. The molecule has 1 unspecified atom stereocenters. The van der Waals surface area contributed by atoms with Crippen LogP contribution in [0.3, 0.4) is 0 Å². The van der Waals surface area contributed by atoms with E-state index >= 15 is 0 Å². The molecule has 1 atom stereocenters.